The molecule has 0 unspecified atom stereocenters. The lowest BCUT2D eigenvalue weighted by Crippen LogP contribution is -1.80. The van der Waals surface area contributed by atoms with E-state index in [1.54, 1.807) is 0 Å². The monoisotopic (exact) mass is 174 g/mol. The van der Waals surface area contributed by atoms with Crippen LogP contribution in [0.3, 0.4) is 0 Å². The smallest absolute Gasteiger partial charge is 0.290 e. The number of aromatic nitrogens is 1. The highest BCUT2D eigenvalue weighted by molar-refractivity contribution is 7.15. The van der Waals surface area contributed by atoms with Crippen LogP contribution in [0.15, 0.2) is 0 Å². The maximum atomic E-state index is 8.36. The van der Waals surface area contributed by atoms with Crippen LogP contribution in [0.2, 0.25) is 0 Å². The summed E-state index contributed by atoms with van der Waals surface area (Å²) in [5.41, 5.74) is 6.44. The Morgan fingerprint density at radius 3 is 2.18 bits per heavy atom. The van der Waals surface area contributed by atoms with Crippen molar-refractivity contribution in [2.24, 2.45) is 0 Å². The van der Waals surface area contributed by atoms with Crippen LogP contribution in [0.1, 0.15) is 10.6 Å². The van der Waals surface area contributed by atoms with Crippen LogP contribution in [0, 0.1) is 13.8 Å². The van der Waals surface area contributed by atoms with Crippen molar-refractivity contribution in [3.63, 3.8) is 0 Å². The molecule has 62 valence electrons. The molecule has 11 heavy (non-hydrogen) atoms. The lowest BCUT2D eigenvalue weighted by molar-refractivity contribution is -0.122. The van der Waals surface area contributed by atoms with Crippen LogP contribution in [-0.2, 0) is 4.79 Å². The van der Waals surface area contributed by atoms with Gasteiger partial charge in [-0.15, -0.1) is 11.3 Å². The Morgan fingerprint density at radius 2 is 2.09 bits per heavy atom. The average Bonchev–Trinajstić information content (AvgIpc) is 2.12. The summed E-state index contributed by atoms with van der Waals surface area (Å²) in [6, 6.07) is 0. The highest BCUT2D eigenvalue weighted by atomic mass is 32.1. The summed E-state index contributed by atoms with van der Waals surface area (Å²) < 4.78 is 0. The molecule has 0 aromatic carbocycles. The van der Waals surface area contributed by atoms with E-state index in [4.69, 9.17) is 15.6 Å². The van der Waals surface area contributed by atoms with Gasteiger partial charge in [0.15, 0.2) is 5.13 Å². The summed E-state index contributed by atoms with van der Waals surface area (Å²) >= 11 is 1.54. The van der Waals surface area contributed by atoms with Crippen molar-refractivity contribution in [3.05, 3.63) is 10.6 Å². The fourth-order valence-corrected chi connectivity index (χ4v) is 1.19. The molecule has 0 amide bonds. The first-order chi connectivity index (χ1) is 5.11. The zero-order valence-corrected chi connectivity index (χ0v) is 7.18. The minimum absolute atomic E-state index is 0.250. The molecule has 0 saturated carbocycles. The van der Waals surface area contributed by atoms with Gasteiger partial charge in [0.25, 0.3) is 6.47 Å². The third-order valence-electron chi connectivity index (χ3n) is 1.05. The number of nitrogen functional groups attached to an aromatic ring is 1. The normalized spacial score (nSPS) is 8.18. The van der Waals surface area contributed by atoms with Crippen molar-refractivity contribution < 1.29 is 9.90 Å². The molecule has 3 N–H and O–H groups in total. The molecule has 0 fully saturated rings. The van der Waals surface area contributed by atoms with Crippen LogP contribution in [0.4, 0.5) is 5.13 Å². The predicted molar refractivity (Wildman–Crippen MR) is 44.7 cm³/mol. The van der Waals surface area contributed by atoms with Gasteiger partial charge in [-0.1, -0.05) is 0 Å². The van der Waals surface area contributed by atoms with Gasteiger partial charge in [-0.2, -0.15) is 0 Å². The molecule has 1 aromatic rings. The molecular formula is C6H10N2O2S. The number of carboxylic acid groups (broad SMARTS) is 1. The van der Waals surface area contributed by atoms with Crippen LogP contribution in [-0.4, -0.2) is 16.6 Å². The molecule has 4 nitrogen and oxygen atoms in total. The quantitative estimate of drug-likeness (QED) is 0.576. The predicted octanol–water partition coefficient (Wildman–Crippen LogP) is 1.04. The lowest BCUT2D eigenvalue weighted by Gasteiger charge is -1.77. The Bertz CT molecular complexity index is 215. The van der Waals surface area contributed by atoms with Crippen molar-refractivity contribution in [1.82, 2.24) is 4.98 Å². The van der Waals surface area contributed by atoms with Gasteiger partial charge >= 0.3 is 0 Å². The molecule has 0 aliphatic heterocycles. The molecule has 0 aliphatic carbocycles. The van der Waals surface area contributed by atoms with Crippen LogP contribution >= 0.6 is 11.3 Å². The molecule has 1 aromatic heterocycles. The van der Waals surface area contributed by atoms with E-state index in [0.717, 1.165) is 5.69 Å². The number of anilines is 1. The third-order valence-corrected chi connectivity index (χ3v) is 1.95. The fourth-order valence-electron chi connectivity index (χ4n) is 0.498. The minimum Gasteiger partial charge on any atom is -0.483 e. The molecule has 1 heterocycles. The minimum atomic E-state index is -0.250. The first-order valence-electron chi connectivity index (χ1n) is 2.89. The van der Waals surface area contributed by atoms with Crippen molar-refractivity contribution in [2.45, 2.75) is 13.8 Å². The van der Waals surface area contributed by atoms with Gasteiger partial charge in [-0.25, -0.2) is 4.98 Å². The largest absolute Gasteiger partial charge is 0.483 e. The SMILES string of the molecule is Cc1nc(N)sc1C.O=CO. The molecule has 0 saturated heterocycles. The Labute approximate surface area is 68.7 Å². The zero-order chi connectivity index (χ0) is 8.85. The number of rotatable bonds is 0. The molecule has 5 heteroatoms. The Hall–Kier alpha value is -1.10. The van der Waals surface area contributed by atoms with E-state index in [2.05, 4.69) is 4.98 Å². The van der Waals surface area contributed by atoms with Crippen LogP contribution in [0.5, 0.6) is 0 Å². The highest BCUT2D eigenvalue weighted by Gasteiger charge is 1.96. The maximum Gasteiger partial charge on any atom is 0.290 e. The molecule has 0 atom stereocenters. The van der Waals surface area contributed by atoms with Gasteiger partial charge < -0.3 is 10.8 Å². The summed E-state index contributed by atoms with van der Waals surface area (Å²) in [4.78, 5) is 13.6. The number of carbonyl (C=O) groups is 1. The van der Waals surface area contributed by atoms with Gasteiger partial charge in [0.05, 0.1) is 5.69 Å². The summed E-state index contributed by atoms with van der Waals surface area (Å²) in [6.45, 7) is 3.73. The second-order valence-electron chi connectivity index (χ2n) is 1.80. The third kappa shape index (κ3) is 3.57. The van der Waals surface area contributed by atoms with Gasteiger partial charge in [-0.05, 0) is 13.8 Å². The van der Waals surface area contributed by atoms with Gasteiger partial charge in [-0.3, -0.25) is 4.79 Å². The van der Waals surface area contributed by atoms with Crippen molar-refractivity contribution in [2.75, 3.05) is 5.73 Å². The van der Waals surface area contributed by atoms with E-state index in [1.807, 2.05) is 13.8 Å². The van der Waals surface area contributed by atoms with Gasteiger partial charge in [0.2, 0.25) is 0 Å². The number of nitrogens with zero attached hydrogens (tertiary/aromatic N) is 1. The van der Waals surface area contributed by atoms with Crippen molar-refractivity contribution in [1.29, 1.82) is 0 Å². The van der Waals surface area contributed by atoms with E-state index in [0.29, 0.717) is 5.13 Å². The zero-order valence-electron chi connectivity index (χ0n) is 6.37. The Balaban J connectivity index is 0.000000292. The topological polar surface area (TPSA) is 76.2 Å². The summed E-state index contributed by atoms with van der Waals surface area (Å²) in [5.74, 6) is 0. The summed E-state index contributed by atoms with van der Waals surface area (Å²) in [5, 5.41) is 7.56. The molecule has 0 spiro atoms. The second-order valence-corrected chi connectivity index (χ2v) is 3.03. The van der Waals surface area contributed by atoms with Crippen LogP contribution in [0.25, 0.3) is 0 Å². The fraction of sp³-hybridized carbons (Fsp3) is 0.333. The van der Waals surface area contributed by atoms with Gasteiger partial charge in [0, 0.05) is 4.88 Å². The number of hydrogen-bond donors (Lipinski definition) is 2. The summed E-state index contributed by atoms with van der Waals surface area (Å²) in [6.07, 6.45) is 0. The number of aryl methyl sites for hydroxylation is 2. The number of thiazole rings is 1. The van der Waals surface area contributed by atoms with E-state index in [1.165, 1.54) is 16.2 Å². The first-order valence-corrected chi connectivity index (χ1v) is 3.70. The summed E-state index contributed by atoms with van der Waals surface area (Å²) in [7, 11) is 0. The van der Waals surface area contributed by atoms with Gasteiger partial charge in [0.1, 0.15) is 0 Å². The first kappa shape index (κ1) is 9.90. The molecular weight excluding hydrogens is 164 g/mol. The second kappa shape index (κ2) is 4.68. The van der Waals surface area contributed by atoms with Crippen LogP contribution < -0.4 is 5.73 Å². The van der Waals surface area contributed by atoms with E-state index < -0.39 is 0 Å². The molecule has 0 bridgehead atoms. The van der Waals surface area contributed by atoms with Crippen molar-refractivity contribution in [3.8, 4) is 0 Å². The van der Waals surface area contributed by atoms with E-state index in [-0.39, 0.29) is 6.47 Å². The Kier molecular flexibility index (Phi) is 4.21. The Morgan fingerprint density at radius 1 is 1.64 bits per heavy atom. The molecule has 0 aliphatic rings. The molecule has 1 rings (SSSR count). The molecule has 0 radical (unpaired) electrons. The average molecular weight is 174 g/mol. The maximum absolute atomic E-state index is 8.36. The van der Waals surface area contributed by atoms with E-state index >= 15 is 0 Å². The van der Waals surface area contributed by atoms with Crippen molar-refractivity contribution >= 4 is 22.9 Å². The highest BCUT2D eigenvalue weighted by Crippen LogP contribution is 2.16. The number of hydrogen-bond acceptors (Lipinski definition) is 4. The van der Waals surface area contributed by atoms with E-state index in [9.17, 15) is 0 Å². The lowest BCUT2D eigenvalue weighted by atomic mass is 10.4. The standard InChI is InChI=1S/C5H8N2S.CH2O2/c1-3-4(2)8-5(6)7-3;2-1-3/h1-2H3,(H2,6,7);1H,(H,2,3). The number of nitrogens with two attached hydrogens (primary N) is 1.